The molecule has 1 aliphatic rings. The fourth-order valence-corrected chi connectivity index (χ4v) is 2.86. The number of carbonyl (C=O) groups is 2. The second kappa shape index (κ2) is 7.99. The summed E-state index contributed by atoms with van der Waals surface area (Å²) in [5.74, 6) is -0.920. The molecule has 0 bridgehead atoms. The van der Waals surface area contributed by atoms with Crippen molar-refractivity contribution < 1.29 is 18.7 Å². The van der Waals surface area contributed by atoms with Crippen LogP contribution in [0.4, 0.5) is 11.6 Å². The highest BCUT2D eigenvalue weighted by atomic mass is 35.5. The van der Waals surface area contributed by atoms with Crippen molar-refractivity contribution >= 4 is 70.1 Å². The van der Waals surface area contributed by atoms with Crippen molar-refractivity contribution in [3.8, 4) is 0 Å². The molecular weight excluding hydrogens is 413 g/mol. The van der Waals surface area contributed by atoms with Crippen LogP contribution in [0.1, 0.15) is 23.0 Å². The van der Waals surface area contributed by atoms with E-state index in [-0.39, 0.29) is 39.6 Å². The molecule has 0 spiro atoms. The van der Waals surface area contributed by atoms with Gasteiger partial charge in [0.2, 0.25) is 5.88 Å². The second-order valence-corrected chi connectivity index (χ2v) is 6.53. The van der Waals surface area contributed by atoms with Gasteiger partial charge in [0.1, 0.15) is 16.3 Å². The van der Waals surface area contributed by atoms with Gasteiger partial charge in [-0.15, -0.1) is 0 Å². The first-order chi connectivity index (χ1) is 12.9. The van der Waals surface area contributed by atoms with E-state index >= 15 is 0 Å². The summed E-state index contributed by atoms with van der Waals surface area (Å²) in [4.78, 5) is 24.2. The molecule has 3 rings (SSSR count). The van der Waals surface area contributed by atoms with Crippen molar-refractivity contribution in [2.24, 2.45) is 0 Å². The van der Waals surface area contributed by atoms with E-state index in [0.717, 1.165) is 0 Å². The Morgan fingerprint density at radius 1 is 1.30 bits per heavy atom. The molecule has 3 N–H and O–H groups in total. The fraction of sp³-hybridized carbons (Fsp3) is 0.118. The maximum atomic E-state index is 12.3. The average molecular weight is 426 g/mol. The predicted molar refractivity (Wildman–Crippen MR) is 106 cm³/mol. The first-order valence-corrected chi connectivity index (χ1v) is 8.91. The lowest BCUT2D eigenvalue weighted by Crippen LogP contribution is -2.21. The van der Waals surface area contributed by atoms with Crippen molar-refractivity contribution in [2.75, 3.05) is 11.9 Å². The molecule has 1 saturated heterocycles. The quantitative estimate of drug-likeness (QED) is 0.380. The normalized spacial score (nSPS) is 14.9. The van der Waals surface area contributed by atoms with Crippen molar-refractivity contribution in [3.63, 3.8) is 0 Å². The van der Waals surface area contributed by atoms with Gasteiger partial charge in [0.15, 0.2) is 10.9 Å². The van der Waals surface area contributed by atoms with Gasteiger partial charge in [0, 0.05) is 16.8 Å². The molecule has 0 atom stereocenters. The smallest absolute Gasteiger partial charge is 0.345 e. The van der Waals surface area contributed by atoms with Gasteiger partial charge in [0.05, 0.1) is 6.61 Å². The predicted octanol–water partition coefficient (Wildman–Crippen LogP) is 3.85. The molecule has 0 aliphatic carbocycles. The summed E-state index contributed by atoms with van der Waals surface area (Å²) in [7, 11) is 0. The van der Waals surface area contributed by atoms with E-state index in [9.17, 15) is 9.59 Å². The first kappa shape index (κ1) is 19.2. The van der Waals surface area contributed by atoms with Gasteiger partial charge in [-0.25, -0.2) is 4.79 Å². The number of rotatable bonds is 5. The third-order valence-corrected chi connectivity index (χ3v) is 4.28. The number of benzene rings is 1. The Hall–Kier alpha value is -2.55. The third-order valence-electron chi connectivity index (χ3n) is 3.45. The van der Waals surface area contributed by atoms with Gasteiger partial charge in [0.25, 0.3) is 5.91 Å². The number of carbonyl (C=O) groups excluding carboxylic acids is 2. The zero-order chi connectivity index (χ0) is 19.6. The van der Waals surface area contributed by atoms with Crippen molar-refractivity contribution in [1.29, 1.82) is 0 Å². The summed E-state index contributed by atoms with van der Waals surface area (Å²) in [6.45, 7) is 1.84. The van der Waals surface area contributed by atoms with Crippen LogP contribution in [0.3, 0.4) is 0 Å². The third kappa shape index (κ3) is 4.24. The molecule has 1 amide bonds. The van der Waals surface area contributed by atoms with Gasteiger partial charge in [-0.2, -0.15) is 0 Å². The van der Waals surface area contributed by atoms with Crippen LogP contribution in [0, 0.1) is 0 Å². The maximum absolute atomic E-state index is 12.3. The highest BCUT2D eigenvalue weighted by Gasteiger charge is 2.27. The monoisotopic (exact) mass is 425 g/mol. The summed E-state index contributed by atoms with van der Waals surface area (Å²) in [5, 5.41) is 8.79. The van der Waals surface area contributed by atoms with E-state index in [1.54, 1.807) is 31.2 Å². The molecule has 1 fully saturated rings. The van der Waals surface area contributed by atoms with E-state index in [1.807, 2.05) is 0 Å². The largest absolute Gasteiger partial charge is 0.462 e. The standard InChI is InChI=1S/C17H13Cl2N3O4S/c1-2-25-16(24)12-13(19)11(7-10-14(23)22-17(27)21-10)26-15(12)20-9-5-3-8(18)4-6-9/h3-7,20H,2H2,1H3,(H2,21,22,23,27)/b10-7+. The van der Waals surface area contributed by atoms with E-state index in [1.165, 1.54) is 6.08 Å². The highest BCUT2D eigenvalue weighted by Crippen LogP contribution is 2.36. The topological polar surface area (TPSA) is 92.6 Å². The molecule has 7 nitrogen and oxygen atoms in total. The molecule has 10 heteroatoms. The molecule has 1 aliphatic heterocycles. The Kier molecular flexibility index (Phi) is 5.69. The number of furan rings is 1. The zero-order valence-electron chi connectivity index (χ0n) is 13.9. The number of amides is 1. The van der Waals surface area contributed by atoms with Gasteiger partial charge >= 0.3 is 5.97 Å². The molecule has 0 radical (unpaired) electrons. The molecule has 1 aromatic carbocycles. The molecule has 140 valence electrons. The van der Waals surface area contributed by atoms with Crippen molar-refractivity contribution in [2.45, 2.75) is 6.92 Å². The van der Waals surface area contributed by atoms with Gasteiger partial charge in [-0.3, -0.25) is 10.1 Å². The van der Waals surface area contributed by atoms with E-state index in [0.29, 0.717) is 10.7 Å². The Morgan fingerprint density at radius 2 is 2.00 bits per heavy atom. The van der Waals surface area contributed by atoms with E-state index in [4.69, 9.17) is 44.6 Å². The van der Waals surface area contributed by atoms with Crippen LogP contribution in [0.2, 0.25) is 10.0 Å². The van der Waals surface area contributed by atoms with E-state index in [2.05, 4.69) is 16.0 Å². The van der Waals surface area contributed by atoms with Crippen LogP contribution >= 0.6 is 35.4 Å². The molecule has 2 heterocycles. The SMILES string of the molecule is CCOC(=O)c1c(Nc2ccc(Cl)cc2)oc(/C=C2/NC(=S)NC2=O)c1Cl. The Balaban J connectivity index is 2.01. The lowest BCUT2D eigenvalue weighted by Gasteiger charge is -2.06. The van der Waals surface area contributed by atoms with Crippen LogP contribution in [0.25, 0.3) is 6.08 Å². The Labute approximate surface area is 169 Å². The Morgan fingerprint density at radius 3 is 2.59 bits per heavy atom. The molecular formula is C17H13Cl2N3O4S. The minimum absolute atomic E-state index is 0.00447. The lowest BCUT2D eigenvalue weighted by molar-refractivity contribution is -0.115. The molecule has 0 unspecified atom stereocenters. The summed E-state index contributed by atoms with van der Waals surface area (Å²) in [5.41, 5.74) is 0.776. The van der Waals surface area contributed by atoms with Gasteiger partial charge in [-0.05, 0) is 43.4 Å². The molecule has 0 saturated carbocycles. The number of anilines is 2. The number of nitrogens with one attached hydrogen (secondary N) is 3. The summed E-state index contributed by atoms with van der Waals surface area (Å²) in [6.07, 6.45) is 1.35. The summed E-state index contributed by atoms with van der Waals surface area (Å²) >= 11 is 17.1. The fourth-order valence-electron chi connectivity index (χ4n) is 2.27. The van der Waals surface area contributed by atoms with Gasteiger partial charge in [-0.1, -0.05) is 23.2 Å². The van der Waals surface area contributed by atoms with Gasteiger partial charge < -0.3 is 19.8 Å². The number of thiocarbonyl (C=S) groups is 1. The number of esters is 1. The minimum atomic E-state index is -0.660. The summed E-state index contributed by atoms with van der Waals surface area (Å²) < 4.78 is 10.7. The van der Waals surface area contributed by atoms with Crippen LogP contribution < -0.4 is 16.0 Å². The number of ether oxygens (including phenoxy) is 1. The Bertz CT molecular complexity index is 954. The molecule has 2 aromatic rings. The number of hydrogen-bond donors (Lipinski definition) is 3. The molecule has 1 aromatic heterocycles. The zero-order valence-corrected chi connectivity index (χ0v) is 16.2. The number of hydrogen-bond acceptors (Lipinski definition) is 6. The highest BCUT2D eigenvalue weighted by molar-refractivity contribution is 7.80. The second-order valence-electron chi connectivity index (χ2n) is 5.30. The van der Waals surface area contributed by atoms with Crippen LogP contribution in [0.15, 0.2) is 34.4 Å². The first-order valence-electron chi connectivity index (χ1n) is 7.75. The van der Waals surface area contributed by atoms with Crippen LogP contribution in [-0.4, -0.2) is 23.6 Å². The maximum Gasteiger partial charge on any atom is 0.345 e. The van der Waals surface area contributed by atoms with Crippen LogP contribution in [0.5, 0.6) is 0 Å². The van der Waals surface area contributed by atoms with Crippen molar-refractivity contribution in [3.05, 3.63) is 51.3 Å². The van der Waals surface area contributed by atoms with E-state index < -0.39 is 11.9 Å². The van der Waals surface area contributed by atoms with Crippen LogP contribution in [-0.2, 0) is 9.53 Å². The lowest BCUT2D eigenvalue weighted by atomic mass is 10.2. The average Bonchev–Trinajstić information content (AvgIpc) is 3.09. The molecule has 27 heavy (non-hydrogen) atoms. The number of halogens is 2. The summed E-state index contributed by atoms with van der Waals surface area (Å²) in [6, 6.07) is 6.76. The minimum Gasteiger partial charge on any atom is -0.462 e. The van der Waals surface area contributed by atoms with Crippen molar-refractivity contribution in [1.82, 2.24) is 10.6 Å².